The lowest BCUT2D eigenvalue weighted by Crippen LogP contribution is -2.27. The molecule has 3 aromatic rings. The Hall–Kier alpha value is -3.00. The third-order valence-electron chi connectivity index (χ3n) is 5.77. The van der Waals surface area contributed by atoms with Gasteiger partial charge in [0.25, 0.3) is 0 Å². The minimum Gasteiger partial charge on any atom is -0.497 e. The molecule has 5 heteroatoms. The zero-order chi connectivity index (χ0) is 20.5. The van der Waals surface area contributed by atoms with Crippen LogP contribution >= 0.6 is 0 Å². The van der Waals surface area contributed by atoms with Crippen molar-refractivity contribution in [1.29, 1.82) is 0 Å². The molecule has 1 aromatic carbocycles. The van der Waals surface area contributed by atoms with E-state index < -0.39 is 0 Å². The van der Waals surface area contributed by atoms with Crippen molar-refractivity contribution < 1.29 is 4.74 Å². The molecule has 0 saturated carbocycles. The smallest absolute Gasteiger partial charge is 0.165 e. The van der Waals surface area contributed by atoms with E-state index in [-0.39, 0.29) is 0 Å². The summed E-state index contributed by atoms with van der Waals surface area (Å²) in [6.07, 6.45) is 3.23. The van der Waals surface area contributed by atoms with E-state index in [1.54, 1.807) is 7.11 Å². The summed E-state index contributed by atoms with van der Waals surface area (Å²) in [5.41, 5.74) is 7.91. The number of nitrogens with zero attached hydrogens (tertiary/aromatic N) is 4. The van der Waals surface area contributed by atoms with E-state index >= 15 is 0 Å². The molecule has 1 aliphatic carbocycles. The van der Waals surface area contributed by atoms with Crippen LogP contribution in [0, 0.1) is 25.7 Å². The number of aryl methyl sites for hydroxylation is 3. The summed E-state index contributed by atoms with van der Waals surface area (Å²) in [6.45, 7) is 9.85. The van der Waals surface area contributed by atoms with Gasteiger partial charge in [0.1, 0.15) is 11.6 Å². The zero-order valence-corrected chi connectivity index (χ0v) is 18.0. The molecule has 1 aliphatic rings. The number of fused-ring (bicyclic) bond motifs is 2. The van der Waals surface area contributed by atoms with Crippen LogP contribution in [-0.4, -0.2) is 34.8 Å². The van der Waals surface area contributed by atoms with Gasteiger partial charge in [-0.3, -0.25) is 0 Å². The minimum absolute atomic E-state index is 0.703. The van der Waals surface area contributed by atoms with E-state index in [0.29, 0.717) is 6.54 Å². The third kappa shape index (κ3) is 3.23. The Kier molecular flexibility index (Phi) is 5.19. The van der Waals surface area contributed by atoms with Crippen molar-refractivity contribution in [3.05, 3.63) is 40.7 Å². The van der Waals surface area contributed by atoms with Crippen LogP contribution in [0.15, 0.2) is 18.2 Å². The quantitative estimate of drug-likeness (QED) is 0.609. The van der Waals surface area contributed by atoms with Crippen LogP contribution in [-0.2, 0) is 12.8 Å². The summed E-state index contributed by atoms with van der Waals surface area (Å²) in [5, 5.41) is 4.96. The molecule has 4 rings (SSSR count). The molecule has 0 radical (unpaired) electrons. The fraction of sp³-hybridized carbons (Fsp3) is 0.417. The van der Waals surface area contributed by atoms with Gasteiger partial charge in [-0.05, 0) is 70.2 Å². The van der Waals surface area contributed by atoms with Crippen molar-refractivity contribution in [1.82, 2.24) is 14.6 Å². The number of hydrogen-bond donors (Lipinski definition) is 0. The molecule has 0 unspecified atom stereocenters. The SMILES string of the molecule is CC#CCN(CC)c1c2c(nc3c(-c4ccc(OC)cc4C)c(C)nn13)CCC2. The van der Waals surface area contributed by atoms with Gasteiger partial charge in [0.2, 0.25) is 0 Å². The first-order valence-corrected chi connectivity index (χ1v) is 10.3. The number of ether oxygens (including phenoxy) is 1. The number of anilines is 1. The predicted molar refractivity (Wildman–Crippen MR) is 118 cm³/mol. The van der Waals surface area contributed by atoms with E-state index in [0.717, 1.165) is 65.4 Å². The van der Waals surface area contributed by atoms with Crippen molar-refractivity contribution in [2.75, 3.05) is 25.1 Å². The lowest BCUT2D eigenvalue weighted by atomic mass is 10.0. The number of methoxy groups -OCH3 is 1. The number of aromatic nitrogens is 3. The highest BCUT2D eigenvalue weighted by molar-refractivity contribution is 5.83. The molecule has 0 fully saturated rings. The monoisotopic (exact) mass is 388 g/mol. The molecule has 0 saturated heterocycles. The van der Waals surface area contributed by atoms with E-state index in [9.17, 15) is 0 Å². The Balaban J connectivity index is 1.99. The second kappa shape index (κ2) is 7.79. The second-order valence-electron chi connectivity index (χ2n) is 7.53. The maximum absolute atomic E-state index is 5.39. The largest absolute Gasteiger partial charge is 0.497 e. The summed E-state index contributed by atoms with van der Waals surface area (Å²) >= 11 is 0. The summed E-state index contributed by atoms with van der Waals surface area (Å²) in [4.78, 5) is 7.43. The van der Waals surface area contributed by atoms with Crippen molar-refractivity contribution >= 4 is 11.5 Å². The second-order valence-corrected chi connectivity index (χ2v) is 7.53. The first-order chi connectivity index (χ1) is 14.1. The lowest BCUT2D eigenvalue weighted by molar-refractivity contribution is 0.414. The molecule has 150 valence electrons. The topological polar surface area (TPSA) is 42.7 Å². The highest BCUT2D eigenvalue weighted by Crippen LogP contribution is 2.37. The number of hydrogen-bond acceptors (Lipinski definition) is 4. The summed E-state index contributed by atoms with van der Waals surface area (Å²) in [7, 11) is 1.70. The summed E-state index contributed by atoms with van der Waals surface area (Å²) < 4.78 is 7.45. The van der Waals surface area contributed by atoms with Gasteiger partial charge in [0.15, 0.2) is 5.65 Å². The molecule has 5 nitrogen and oxygen atoms in total. The maximum Gasteiger partial charge on any atom is 0.165 e. The Labute approximate surface area is 172 Å². The molecule has 0 aliphatic heterocycles. The first-order valence-electron chi connectivity index (χ1n) is 10.3. The first kappa shape index (κ1) is 19.3. The van der Waals surface area contributed by atoms with Crippen molar-refractivity contribution in [2.45, 2.75) is 47.0 Å². The van der Waals surface area contributed by atoms with Gasteiger partial charge in [-0.15, -0.1) is 5.92 Å². The van der Waals surface area contributed by atoms with Crippen LogP contribution in [0.2, 0.25) is 0 Å². The van der Waals surface area contributed by atoms with Crippen LogP contribution in [0.25, 0.3) is 16.8 Å². The Morgan fingerprint density at radius 1 is 1.24 bits per heavy atom. The molecule has 0 atom stereocenters. The van der Waals surface area contributed by atoms with Gasteiger partial charge in [0, 0.05) is 23.4 Å². The molecule has 2 aromatic heterocycles. The standard InChI is InChI=1S/C24H28N4O/c1-6-8-14-27(7-2)24-20-10-9-11-21(20)25-23-22(17(4)26-28(23)24)19-13-12-18(29-5)15-16(19)3/h12-13,15H,7,9-11,14H2,1-5H3. The molecule has 2 heterocycles. The molecular weight excluding hydrogens is 360 g/mol. The fourth-order valence-electron chi connectivity index (χ4n) is 4.31. The minimum atomic E-state index is 0.703. The highest BCUT2D eigenvalue weighted by Gasteiger charge is 2.26. The zero-order valence-electron chi connectivity index (χ0n) is 18.0. The molecule has 0 amide bonds. The van der Waals surface area contributed by atoms with E-state index in [4.69, 9.17) is 14.8 Å². The van der Waals surface area contributed by atoms with Crippen molar-refractivity contribution in [2.24, 2.45) is 0 Å². The van der Waals surface area contributed by atoms with Crippen LogP contribution in [0.1, 0.15) is 42.8 Å². The van der Waals surface area contributed by atoms with Crippen LogP contribution in [0.3, 0.4) is 0 Å². The van der Waals surface area contributed by atoms with Gasteiger partial charge in [-0.2, -0.15) is 9.61 Å². The van der Waals surface area contributed by atoms with Gasteiger partial charge in [-0.1, -0.05) is 12.0 Å². The van der Waals surface area contributed by atoms with E-state index in [1.165, 1.54) is 11.3 Å². The maximum atomic E-state index is 5.39. The Morgan fingerprint density at radius 3 is 2.76 bits per heavy atom. The fourth-order valence-corrected chi connectivity index (χ4v) is 4.31. The third-order valence-corrected chi connectivity index (χ3v) is 5.77. The van der Waals surface area contributed by atoms with Crippen molar-refractivity contribution in [3.8, 4) is 28.7 Å². The van der Waals surface area contributed by atoms with Gasteiger partial charge < -0.3 is 9.64 Å². The van der Waals surface area contributed by atoms with Gasteiger partial charge >= 0.3 is 0 Å². The summed E-state index contributed by atoms with van der Waals surface area (Å²) in [5.74, 6) is 8.29. The van der Waals surface area contributed by atoms with Crippen LogP contribution in [0.4, 0.5) is 5.82 Å². The number of benzene rings is 1. The van der Waals surface area contributed by atoms with Crippen LogP contribution in [0.5, 0.6) is 5.75 Å². The molecular formula is C24H28N4O. The van der Waals surface area contributed by atoms with Gasteiger partial charge in [0.05, 0.1) is 19.3 Å². The molecule has 0 spiro atoms. The molecule has 29 heavy (non-hydrogen) atoms. The average Bonchev–Trinajstić information content (AvgIpc) is 3.31. The molecule has 0 bridgehead atoms. The van der Waals surface area contributed by atoms with Gasteiger partial charge in [-0.25, -0.2) is 4.98 Å². The lowest BCUT2D eigenvalue weighted by Gasteiger charge is -2.24. The molecule has 0 N–H and O–H groups in total. The average molecular weight is 389 g/mol. The van der Waals surface area contributed by atoms with E-state index in [2.05, 4.69) is 54.2 Å². The predicted octanol–water partition coefficient (Wildman–Crippen LogP) is 4.36. The van der Waals surface area contributed by atoms with E-state index in [1.807, 2.05) is 13.0 Å². The highest BCUT2D eigenvalue weighted by atomic mass is 16.5. The summed E-state index contributed by atoms with van der Waals surface area (Å²) in [6, 6.07) is 6.20. The number of rotatable bonds is 5. The Morgan fingerprint density at radius 2 is 2.07 bits per heavy atom. The Bertz CT molecular complexity index is 1130. The van der Waals surface area contributed by atoms with Crippen molar-refractivity contribution in [3.63, 3.8) is 0 Å². The van der Waals surface area contributed by atoms with Crippen LogP contribution < -0.4 is 9.64 Å². The normalized spacial score (nSPS) is 12.6.